The fourth-order valence-electron chi connectivity index (χ4n) is 5.43. The topological polar surface area (TPSA) is 166 Å². The Morgan fingerprint density at radius 1 is 0.957 bits per heavy atom. The Morgan fingerprint density at radius 3 is 2.72 bits per heavy atom. The Morgan fingerprint density at radius 2 is 1.83 bits per heavy atom. The number of benzene rings is 1. The molecule has 14 heteroatoms. The standard InChI is InChI=1S/C32H35N9O4S/c42-28-20-40(29(43)17-22-19-41-14-15-46-32(41)37-22)13-4-3-10-35-30(44)26(16-21-18-36-24-7-2-1-6-23(21)24)39-31(45)25-8-5-9-27(38-25)33-11-12-34-28/h1-2,5-9,14-15,18-19,26,36H,3-4,10-13,16-17,20H2,(H,33,38)(H,34,42)(H,35,44)(H,39,45)/t26-/m0/s1. The van der Waals surface area contributed by atoms with Gasteiger partial charge in [-0.2, -0.15) is 0 Å². The normalized spacial score (nSPS) is 17.3. The van der Waals surface area contributed by atoms with E-state index in [9.17, 15) is 19.2 Å². The molecule has 13 nitrogen and oxygen atoms in total. The number of aromatic amines is 1. The average molecular weight is 642 g/mol. The van der Waals surface area contributed by atoms with E-state index >= 15 is 0 Å². The zero-order valence-electron chi connectivity index (χ0n) is 25.1. The fraction of sp³-hybridized carbons (Fsp3) is 0.312. The number of para-hydroxylation sites is 1. The van der Waals surface area contributed by atoms with Crippen LogP contribution in [-0.2, 0) is 27.2 Å². The molecule has 0 aliphatic carbocycles. The number of hydrogen-bond donors (Lipinski definition) is 5. The van der Waals surface area contributed by atoms with Crippen LogP contribution in [0.3, 0.4) is 0 Å². The third-order valence-electron chi connectivity index (χ3n) is 7.77. The number of amides is 4. The first-order valence-corrected chi connectivity index (χ1v) is 16.1. The average Bonchev–Trinajstić information content (AvgIpc) is 3.77. The minimum atomic E-state index is -0.850. The zero-order valence-corrected chi connectivity index (χ0v) is 25.9. The van der Waals surface area contributed by atoms with Gasteiger partial charge in [-0.15, -0.1) is 11.3 Å². The van der Waals surface area contributed by atoms with E-state index in [1.54, 1.807) is 18.2 Å². The van der Waals surface area contributed by atoms with Crippen LogP contribution in [0.25, 0.3) is 15.9 Å². The van der Waals surface area contributed by atoms with Gasteiger partial charge in [-0.1, -0.05) is 24.3 Å². The Balaban J connectivity index is 1.17. The van der Waals surface area contributed by atoms with Crippen LogP contribution in [0.15, 0.2) is 66.4 Å². The van der Waals surface area contributed by atoms with E-state index in [0.29, 0.717) is 50.5 Å². The van der Waals surface area contributed by atoms with Crippen LogP contribution in [0.1, 0.15) is 34.6 Å². The molecule has 5 heterocycles. The zero-order chi connectivity index (χ0) is 31.9. The maximum absolute atomic E-state index is 13.5. The molecular formula is C32H35N9O4S. The molecule has 0 fully saturated rings. The monoisotopic (exact) mass is 641 g/mol. The smallest absolute Gasteiger partial charge is 0.270 e. The van der Waals surface area contributed by atoms with Gasteiger partial charge in [0.1, 0.15) is 17.6 Å². The van der Waals surface area contributed by atoms with Gasteiger partial charge < -0.3 is 31.2 Å². The first kappa shape index (κ1) is 30.8. The van der Waals surface area contributed by atoms with Crippen molar-refractivity contribution in [3.05, 3.63) is 83.4 Å². The lowest BCUT2D eigenvalue weighted by Gasteiger charge is -2.22. The predicted octanol–water partition coefficient (Wildman–Crippen LogP) is 2.12. The molecule has 0 unspecified atom stereocenters. The molecule has 238 valence electrons. The molecule has 4 aromatic heterocycles. The van der Waals surface area contributed by atoms with Crippen molar-refractivity contribution in [2.45, 2.75) is 31.7 Å². The summed E-state index contributed by atoms with van der Waals surface area (Å²) in [5.41, 5.74) is 2.65. The van der Waals surface area contributed by atoms with E-state index in [4.69, 9.17) is 0 Å². The summed E-state index contributed by atoms with van der Waals surface area (Å²) >= 11 is 1.49. The molecule has 0 saturated heterocycles. The first-order valence-electron chi connectivity index (χ1n) is 15.2. The predicted molar refractivity (Wildman–Crippen MR) is 175 cm³/mol. The highest BCUT2D eigenvalue weighted by atomic mass is 32.1. The van der Waals surface area contributed by atoms with Gasteiger partial charge in [-0.3, -0.25) is 23.6 Å². The van der Waals surface area contributed by atoms with Crippen molar-refractivity contribution in [3.8, 4) is 0 Å². The van der Waals surface area contributed by atoms with Crippen molar-refractivity contribution in [2.24, 2.45) is 0 Å². The van der Waals surface area contributed by atoms with Gasteiger partial charge in [0.05, 0.1) is 18.7 Å². The highest BCUT2D eigenvalue weighted by molar-refractivity contribution is 7.15. The van der Waals surface area contributed by atoms with Gasteiger partial charge in [0.25, 0.3) is 5.91 Å². The lowest BCUT2D eigenvalue weighted by molar-refractivity contribution is -0.135. The molecule has 4 amide bonds. The molecule has 1 aliphatic rings. The summed E-state index contributed by atoms with van der Waals surface area (Å²) in [7, 11) is 0. The highest BCUT2D eigenvalue weighted by Crippen LogP contribution is 2.19. The number of carbonyl (C=O) groups excluding carboxylic acids is 4. The van der Waals surface area contributed by atoms with Crippen molar-refractivity contribution >= 4 is 56.6 Å². The summed E-state index contributed by atoms with van der Waals surface area (Å²) in [5.74, 6) is -0.821. The minimum absolute atomic E-state index is 0.0806. The van der Waals surface area contributed by atoms with Gasteiger partial charge in [-0.05, 0) is 36.6 Å². The number of H-pyrrole nitrogens is 1. The van der Waals surface area contributed by atoms with E-state index in [2.05, 4.69) is 36.2 Å². The number of imidazole rings is 1. The minimum Gasteiger partial charge on any atom is -0.368 e. The number of rotatable bonds is 4. The fourth-order valence-corrected chi connectivity index (χ4v) is 6.14. The molecule has 0 radical (unpaired) electrons. The third-order valence-corrected chi connectivity index (χ3v) is 8.54. The number of fused-ring (bicyclic) bond motifs is 4. The molecule has 6 rings (SSSR count). The summed E-state index contributed by atoms with van der Waals surface area (Å²) in [4.78, 5) is 67.4. The second kappa shape index (κ2) is 14.2. The number of pyridine rings is 1. The summed E-state index contributed by atoms with van der Waals surface area (Å²) in [6, 6.07) is 12.0. The van der Waals surface area contributed by atoms with Gasteiger partial charge in [0.2, 0.25) is 17.7 Å². The molecule has 5 aromatic rings. The highest BCUT2D eigenvalue weighted by Gasteiger charge is 2.24. The maximum atomic E-state index is 13.5. The van der Waals surface area contributed by atoms with E-state index in [-0.39, 0.29) is 42.8 Å². The quantitative estimate of drug-likeness (QED) is 0.201. The molecule has 1 aliphatic heterocycles. The number of hydrogen-bond acceptors (Lipinski definition) is 8. The number of nitrogens with one attached hydrogen (secondary N) is 5. The van der Waals surface area contributed by atoms with Crippen LogP contribution in [0.4, 0.5) is 5.82 Å². The first-order chi connectivity index (χ1) is 22.4. The SMILES string of the molecule is O=C1CN(C(=O)Cc2cn3ccsc3n2)CCCCNC(=O)[C@H](Cc2c[nH]c3ccccc23)NC(=O)c2cccc(n2)NCCN1. The number of nitrogens with zero attached hydrogens (tertiary/aromatic N) is 4. The molecule has 5 N–H and O–H groups in total. The van der Waals surface area contributed by atoms with Crippen molar-refractivity contribution < 1.29 is 19.2 Å². The van der Waals surface area contributed by atoms with Crippen LogP contribution in [0, 0.1) is 0 Å². The van der Waals surface area contributed by atoms with Crippen LogP contribution < -0.4 is 21.3 Å². The molecule has 1 aromatic carbocycles. The van der Waals surface area contributed by atoms with Crippen LogP contribution in [0.5, 0.6) is 0 Å². The van der Waals surface area contributed by atoms with E-state index in [0.717, 1.165) is 21.4 Å². The van der Waals surface area contributed by atoms with Crippen molar-refractivity contribution in [2.75, 3.05) is 38.0 Å². The molecule has 0 spiro atoms. The van der Waals surface area contributed by atoms with Gasteiger partial charge in [0.15, 0.2) is 4.96 Å². The largest absolute Gasteiger partial charge is 0.368 e. The lowest BCUT2D eigenvalue weighted by Crippen LogP contribution is -2.48. The summed E-state index contributed by atoms with van der Waals surface area (Å²) in [6.45, 7) is 1.23. The molecular weight excluding hydrogens is 606 g/mol. The van der Waals surface area contributed by atoms with Crippen molar-refractivity contribution in [3.63, 3.8) is 0 Å². The Bertz CT molecular complexity index is 1830. The second-order valence-electron chi connectivity index (χ2n) is 11.1. The van der Waals surface area contributed by atoms with Crippen molar-refractivity contribution in [1.29, 1.82) is 0 Å². The van der Waals surface area contributed by atoms with E-state index in [1.165, 1.54) is 16.2 Å². The molecule has 46 heavy (non-hydrogen) atoms. The van der Waals surface area contributed by atoms with Crippen LogP contribution in [-0.4, -0.2) is 86.6 Å². The van der Waals surface area contributed by atoms with Gasteiger partial charge in [-0.25, -0.2) is 9.97 Å². The summed E-state index contributed by atoms with van der Waals surface area (Å²) < 4.78 is 1.87. The molecule has 0 saturated carbocycles. The maximum Gasteiger partial charge on any atom is 0.270 e. The van der Waals surface area contributed by atoms with Gasteiger partial charge >= 0.3 is 0 Å². The number of anilines is 1. The molecule has 2 bridgehead atoms. The van der Waals surface area contributed by atoms with E-state index in [1.807, 2.05) is 52.6 Å². The van der Waals surface area contributed by atoms with Crippen LogP contribution >= 0.6 is 11.3 Å². The van der Waals surface area contributed by atoms with E-state index < -0.39 is 11.9 Å². The van der Waals surface area contributed by atoms with Crippen LogP contribution in [0.2, 0.25) is 0 Å². The summed E-state index contributed by atoms with van der Waals surface area (Å²) in [5, 5.41) is 14.7. The Labute approximate surface area is 268 Å². The number of carbonyl (C=O) groups is 4. The number of thiazole rings is 1. The lowest BCUT2D eigenvalue weighted by atomic mass is 10.0. The Hall–Kier alpha value is -5.24. The molecule has 1 atom stereocenters. The number of aromatic nitrogens is 4. The summed E-state index contributed by atoms with van der Waals surface area (Å²) in [6.07, 6.45) is 7.06. The van der Waals surface area contributed by atoms with Crippen molar-refractivity contribution in [1.82, 2.24) is 40.2 Å². The Kier molecular flexibility index (Phi) is 9.53. The van der Waals surface area contributed by atoms with Gasteiger partial charge in [0, 0.05) is 67.5 Å². The second-order valence-corrected chi connectivity index (χ2v) is 12.0. The third kappa shape index (κ3) is 7.51.